The van der Waals surface area contributed by atoms with Crippen molar-refractivity contribution >= 4 is 6.29 Å². The third kappa shape index (κ3) is 1.99. The maximum absolute atomic E-state index is 10.4. The summed E-state index contributed by atoms with van der Waals surface area (Å²) in [6.45, 7) is 2.15. The van der Waals surface area contributed by atoms with Crippen molar-refractivity contribution in [1.82, 2.24) is 10.3 Å². The van der Waals surface area contributed by atoms with Gasteiger partial charge in [0.1, 0.15) is 5.69 Å². The van der Waals surface area contributed by atoms with Gasteiger partial charge < -0.3 is 5.32 Å². The first kappa shape index (κ1) is 9.34. The number of nitrogens with one attached hydrogen (secondary N) is 1. The third-order valence-electron chi connectivity index (χ3n) is 2.70. The van der Waals surface area contributed by atoms with Gasteiger partial charge in [-0.15, -0.1) is 0 Å². The van der Waals surface area contributed by atoms with Gasteiger partial charge in [-0.1, -0.05) is 6.07 Å². The number of aromatic nitrogens is 1. The molecule has 1 fully saturated rings. The molecule has 2 heterocycles. The van der Waals surface area contributed by atoms with E-state index < -0.39 is 0 Å². The number of carbonyl (C=O) groups excluding carboxylic acids is 1. The Bertz CT molecular complexity index is 302. The van der Waals surface area contributed by atoms with Crippen LogP contribution in [0.4, 0.5) is 0 Å². The zero-order chi connectivity index (χ0) is 9.80. The summed E-state index contributed by atoms with van der Waals surface area (Å²) < 4.78 is 0. The predicted octanol–water partition coefficient (Wildman–Crippen LogP) is 1.36. The van der Waals surface area contributed by atoms with Crippen molar-refractivity contribution in [1.29, 1.82) is 0 Å². The minimum Gasteiger partial charge on any atom is -0.316 e. The van der Waals surface area contributed by atoms with E-state index >= 15 is 0 Å². The van der Waals surface area contributed by atoms with Crippen LogP contribution in [0.2, 0.25) is 0 Å². The predicted molar refractivity (Wildman–Crippen MR) is 54.5 cm³/mol. The quantitative estimate of drug-likeness (QED) is 0.716. The van der Waals surface area contributed by atoms with Crippen molar-refractivity contribution in [2.75, 3.05) is 13.1 Å². The second-order valence-corrected chi connectivity index (χ2v) is 3.68. The molecule has 0 saturated carbocycles. The zero-order valence-corrected chi connectivity index (χ0v) is 8.07. The van der Waals surface area contributed by atoms with Crippen LogP contribution in [0, 0.1) is 0 Å². The smallest absolute Gasteiger partial charge is 0.168 e. The van der Waals surface area contributed by atoms with Gasteiger partial charge in [0, 0.05) is 12.7 Å². The topological polar surface area (TPSA) is 42.0 Å². The number of hydrogen-bond acceptors (Lipinski definition) is 3. The minimum atomic E-state index is 0.512. The van der Waals surface area contributed by atoms with Crippen LogP contribution in [0.1, 0.15) is 34.8 Å². The Balaban J connectivity index is 2.11. The van der Waals surface area contributed by atoms with Crippen LogP contribution >= 0.6 is 0 Å². The van der Waals surface area contributed by atoms with Gasteiger partial charge in [-0.2, -0.15) is 0 Å². The minimum absolute atomic E-state index is 0.512. The first-order chi connectivity index (χ1) is 6.90. The molecule has 0 amide bonds. The summed E-state index contributed by atoms with van der Waals surface area (Å²) in [6.07, 6.45) is 5.04. The summed E-state index contributed by atoms with van der Waals surface area (Å²) in [7, 11) is 0. The molecule has 14 heavy (non-hydrogen) atoms. The molecule has 3 heteroatoms. The number of hydrogen-bond donors (Lipinski definition) is 1. The molecule has 0 radical (unpaired) electrons. The van der Waals surface area contributed by atoms with Crippen LogP contribution in [0.3, 0.4) is 0 Å². The summed E-state index contributed by atoms with van der Waals surface area (Å²) in [6, 6.07) is 3.80. The van der Waals surface area contributed by atoms with Crippen molar-refractivity contribution in [2.45, 2.75) is 18.8 Å². The highest BCUT2D eigenvalue weighted by atomic mass is 16.1. The second-order valence-electron chi connectivity index (χ2n) is 3.68. The standard InChI is InChI=1S/C11H14N2O/c14-8-11-4-3-10(7-13-11)9-2-1-5-12-6-9/h3-4,7-9,12H,1-2,5-6H2. The monoisotopic (exact) mass is 190 g/mol. The summed E-state index contributed by atoms with van der Waals surface area (Å²) in [5, 5.41) is 3.36. The van der Waals surface area contributed by atoms with E-state index in [9.17, 15) is 4.79 Å². The number of pyridine rings is 1. The van der Waals surface area contributed by atoms with E-state index in [1.165, 1.54) is 18.4 Å². The Morgan fingerprint density at radius 3 is 3.00 bits per heavy atom. The molecule has 0 aromatic carbocycles. The first-order valence-electron chi connectivity index (χ1n) is 5.02. The number of nitrogens with zero attached hydrogens (tertiary/aromatic N) is 1. The molecule has 2 rings (SSSR count). The van der Waals surface area contributed by atoms with E-state index in [1.807, 2.05) is 12.3 Å². The lowest BCUT2D eigenvalue weighted by Crippen LogP contribution is -2.28. The van der Waals surface area contributed by atoms with Crippen molar-refractivity contribution < 1.29 is 4.79 Å². The van der Waals surface area contributed by atoms with Gasteiger partial charge in [-0.05, 0) is 36.9 Å². The Hall–Kier alpha value is -1.22. The van der Waals surface area contributed by atoms with E-state index in [0.29, 0.717) is 11.6 Å². The molecule has 1 atom stereocenters. The molecule has 74 valence electrons. The average molecular weight is 190 g/mol. The summed E-state index contributed by atoms with van der Waals surface area (Å²) in [5.74, 6) is 0.567. The maximum atomic E-state index is 10.4. The Kier molecular flexibility index (Phi) is 2.89. The highest BCUT2D eigenvalue weighted by molar-refractivity contribution is 5.71. The Morgan fingerprint density at radius 2 is 2.43 bits per heavy atom. The van der Waals surface area contributed by atoms with Gasteiger partial charge >= 0.3 is 0 Å². The van der Waals surface area contributed by atoms with Crippen molar-refractivity contribution in [3.63, 3.8) is 0 Å². The van der Waals surface area contributed by atoms with Crippen molar-refractivity contribution in [3.05, 3.63) is 29.6 Å². The van der Waals surface area contributed by atoms with E-state index in [2.05, 4.69) is 10.3 Å². The number of piperidine rings is 1. The molecule has 0 spiro atoms. The second kappa shape index (κ2) is 4.33. The zero-order valence-electron chi connectivity index (χ0n) is 8.07. The number of rotatable bonds is 2. The molecule has 3 nitrogen and oxygen atoms in total. The Morgan fingerprint density at radius 1 is 1.50 bits per heavy atom. The lowest BCUT2D eigenvalue weighted by Gasteiger charge is -2.22. The molecule has 1 saturated heterocycles. The van der Waals surface area contributed by atoms with E-state index in [1.54, 1.807) is 6.07 Å². The lowest BCUT2D eigenvalue weighted by molar-refractivity contribution is 0.111. The van der Waals surface area contributed by atoms with Gasteiger partial charge in [0.05, 0.1) is 0 Å². The van der Waals surface area contributed by atoms with Gasteiger partial charge in [0.25, 0.3) is 0 Å². The highest BCUT2D eigenvalue weighted by Gasteiger charge is 2.14. The van der Waals surface area contributed by atoms with E-state index in [-0.39, 0.29) is 0 Å². The fraction of sp³-hybridized carbons (Fsp3) is 0.455. The van der Waals surface area contributed by atoms with Gasteiger partial charge in [-0.3, -0.25) is 9.78 Å². The molecular weight excluding hydrogens is 176 g/mol. The molecule has 1 aliphatic rings. The third-order valence-corrected chi connectivity index (χ3v) is 2.70. The normalized spacial score (nSPS) is 21.9. The summed E-state index contributed by atoms with van der Waals surface area (Å²) >= 11 is 0. The summed E-state index contributed by atoms with van der Waals surface area (Å²) in [5.41, 5.74) is 1.75. The first-order valence-corrected chi connectivity index (χ1v) is 5.02. The SMILES string of the molecule is O=Cc1ccc(C2CCCNC2)cn1. The molecule has 1 aliphatic heterocycles. The van der Waals surface area contributed by atoms with Crippen LogP contribution in [0.15, 0.2) is 18.3 Å². The molecule has 0 aliphatic carbocycles. The summed E-state index contributed by atoms with van der Waals surface area (Å²) in [4.78, 5) is 14.5. The average Bonchev–Trinajstić information content (AvgIpc) is 2.30. The van der Waals surface area contributed by atoms with Gasteiger partial charge in [0.15, 0.2) is 6.29 Å². The van der Waals surface area contributed by atoms with Crippen LogP contribution in [0.5, 0.6) is 0 Å². The lowest BCUT2D eigenvalue weighted by atomic mass is 9.93. The molecule has 1 N–H and O–H groups in total. The van der Waals surface area contributed by atoms with E-state index in [4.69, 9.17) is 0 Å². The maximum Gasteiger partial charge on any atom is 0.168 e. The van der Waals surface area contributed by atoms with Gasteiger partial charge in [-0.25, -0.2) is 0 Å². The molecule has 0 bridgehead atoms. The fourth-order valence-electron chi connectivity index (χ4n) is 1.86. The van der Waals surface area contributed by atoms with Crippen LogP contribution in [0.25, 0.3) is 0 Å². The van der Waals surface area contributed by atoms with Crippen LogP contribution in [-0.4, -0.2) is 24.4 Å². The number of carbonyl (C=O) groups is 1. The largest absolute Gasteiger partial charge is 0.316 e. The molecule has 1 aromatic heterocycles. The van der Waals surface area contributed by atoms with Crippen molar-refractivity contribution in [3.8, 4) is 0 Å². The molecule has 1 unspecified atom stereocenters. The Labute approximate surface area is 83.5 Å². The van der Waals surface area contributed by atoms with E-state index in [0.717, 1.165) is 19.4 Å². The highest BCUT2D eigenvalue weighted by Crippen LogP contribution is 2.22. The number of aldehydes is 1. The van der Waals surface area contributed by atoms with Gasteiger partial charge in [0.2, 0.25) is 0 Å². The van der Waals surface area contributed by atoms with Crippen molar-refractivity contribution in [2.24, 2.45) is 0 Å². The molecular formula is C11H14N2O. The molecule has 1 aromatic rings. The van der Waals surface area contributed by atoms with Crippen LogP contribution in [-0.2, 0) is 0 Å². The fourth-order valence-corrected chi connectivity index (χ4v) is 1.86. The van der Waals surface area contributed by atoms with Crippen LogP contribution < -0.4 is 5.32 Å².